The molecule has 2 aromatic carbocycles. The summed E-state index contributed by atoms with van der Waals surface area (Å²) in [6.07, 6.45) is 1.63. The highest BCUT2D eigenvalue weighted by Crippen LogP contribution is 2.23. The molecule has 0 atom stereocenters. The van der Waals surface area contributed by atoms with Crippen LogP contribution >= 0.6 is 12.4 Å². The van der Waals surface area contributed by atoms with Gasteiger partial charge >= 0.3 is 0 Å². The summed E-state index contributed by atoms with van der Waals surface area (Å²) in [7, 11) is 0. The number of hydrogen-bond donors (Lipinski definition) is 2. The summed E-state index contributed by atoms with van der Waals surface area (Å²) in [5.41, 5.74) is 14.1. The van der Waals surface area contributed by atoms with Gasteiger partial charge in [0.2, 0.25) is 5.96 Å². The fourth-order valence-corrected chi connectivity index (χ4v) is 2.46. The van der Waals surface area contributed by atoms with Crippen LogP contribution in [0.15, 0.2) is 83.1 Å². The van der Waals surface area contributed by atoms with Gasteiger partial charge in [0.1, 0.15) is 5.71 Å². The number of nitro groups is 1. The Morgan fingerprint density at radius 2 is 1.68 bits per heavy atom. The Labute approximate surface area is 167 Å². The quantitative estimate of drug-likeness (QED) is 0.296. The molecule has 8 nitrogen and oxygen atoms in total. The van der Waals surface area contributed by atoms with Crippen molar-refractivity contribution in [2.75, 3.05) is 0 Å². The minimum absolute atomic E-state index is 0. The highest BCUT2D eigenvalue weighted by Gasteiger charge is 2.11. The van der Waals surface area contributed by atoms with Gasteiger partial charge in [0.05, 0.1) is 10.6 Å². The number of rotatable bonds is 5. The fourth-order valence-electron chi connectivity index (χ4n) is 2.46. The van der Waals surface area contributed by atoms with E-state index in [1.165, 1.54) is 12.1 Å². The summed E-state index contributed by atoms with van der Waals surface area (Å²) >= 11 is 0. The molecule has 0 unspecified atom stereocenters. The lowest BCUT2D eigenvalue weighted by Crippen LogP contribution is -2.22. The molecule has 3 aromatic rings. The second-order valence-corrected chi connectivity index (χ2v) is 5.58. The number of halogens is 1. The van der Waals surface area contributed by atoms with Crippen LogP contribution in [-0.2, 0) is 0 Å². The molecule has 3 rings (SSSR count). The van der Waals surface area contributed by atoms with Crippen LogP contribution in [0.25, 0.3) is 11.1 Å². The van der Waals surface area contributed by atoms with Crippen molar-refractivity contribution in [2.45, 2.75) is 0 Å². The van der Waals surface area contributed by atoms with Gasteiger partial charge in [0, 0.05) is 29.5 Å². The van der Waals surface area contributed by atoms with Crippen LogP contribution in [0.4, 0.5) is 5.69 Å². The van der Waals surface area contributed by atoms with Crippen LogP contribution in [0, 0.1) is 10.1 Å². The molecule has 0 radical (unpaired) electrons. The van der Waals surface area contributed by atoms with Gasteiger partial charge in [-0.05, 0) is 11.6 Å². The molecule has 1 aromatic heterocycles. The first-order valence-electron chi connectivity index (χ1n) is 7.98. The first-order valence-corrected chi connectivity index (χ1v) is 7.98. The Morgan fingerprint density at radius 3 is 2.29 bits per heavy atom. The van der Waals surface area contributed by atoms with Crippen LogP contribution in [0.2, 0.25) is 0 Å². The molecule has 0 aliphatic rings. The molecule has 4 N–H and O–H groups in total. The molecule has 0 saturated heterocycles. The maximum atomic E-state index is 11.0. The molecule has 0 spiro atoms. The Morgan fingerprint density at radius 1 is 0.929 bits per heavy atom. The summed E-state index contributed by atoms with van der Waals surface area (Å²) in [5.74, 6) is -0.156. The maximum Gasteiger partial charge on any atom is 0.270 e. The Bertz CT molecular complexity index is 1020. The summed E-state index contributed by atoms with van der Waals surface area (Å²) in [6, 6.07) is 19.3. The summed E-state index contributed by atoms with van der Waals surface area (Å²) in [6.45, 7) is 0. The Kier molecular flexibility index (Phi) is 6.78. The Balaban J connectivity index is 0.00000280. The van der Waals surface area contributed by atoms with Crippen molar-refractivity contribution in [1.29, 1.82) is 0 Å². The number of pyridine rings is 1. The zero-order valence-electron chi connectivity index (χ0n) is 14.6. The molecule has 0 saturated carbocycles. The minimum Gasteiger partial charge on any atom is -0.369 e. The van der Waals surface area contributed by atoms with Crippen molar-refractivity contribution in [3.05, 3.63) is 94.3 Å². The molecular formula is C19H17ClN6O2. The molecular weight excluding hydrogens is 380 g/mol. The first-order chi connectivity index (χ1) is 13.0. The van der Waals surface area contributed by atoms with E-state index in [0.717, 1.165) is 11.1 Å². The third kappa shape index (κ3) is 4.89. The van der Waals surface area contributed by atoms with Crippen LogP contribution in [0.1, 0.15) is 11.3 Å². The monoisotopic (exact) mass is 396 g/mol. The van der Waals surface area contributed by atoms with Gasteiger partial charge in [-0.25, -0.2) is 0 Å². The van der Waals surface area contributed by atoms with Gasteiger partial charge in [-0.1, -0.05) is 48.5 Å². The van der Waals surface area contributed by atoms with E-state index >= 15 is 0 Å². The summed E-state index contributed by atoms with van der Waals surface area (Å²) < 4.78 is 0. The molecule has 0 aliphatic heterocycles. The number of nitrogens with two attached hydrogens (primary N) is 2. The number of aromatic nitrogens is 1. The van der Waals surface area contributed by atoms with E-state index in [0.29, 0.717) is 17.0 Å². The minimum atomic E-state index is -0.430. The number of nitro benzene ring substituents is 1. The van der Waals surface area contributed by atoms with Crippen molar-refractivity contribution in [1.82, 2.24) is 4.98 Å². The van der Waals surface area contributed by atoms with Gasteiger partial charge in [-0.2, -0.15) is 0 Å². The lowest BCUT2D eigenvalue weighted by atomic mass is 10.0. The van der Waals surface area contributed by atoms with Crippen molar-refractivity contribution in [3.63, 3.8) is 0 Å². The smallest absolute Gasteiger partial charge is 0.270 e. The van der Waals surface area contributed by atoms with Gasteiger partial charge in [0.25, 0.3) is 5.69 Å². The number of hydrogen-bond acceptors (Lipinski definition) is 5. The topological polar surface area (TPSA) is 133 Å². The lowest BCUT2D eigenvalue weighted by Gasteiger charge is -2.07. The maximum absolute atomic E-state index is 11.0. The van der Waals surface area contributed by atoms with Gasteiger partial charge in [-0.3, -0.25) is 15.1 Å². The Hall–Kier alpha value is -3.78. The second kappa shape index (κ2) is 9.24. The number of non-ortho nitro benzene ring substituents is 1. The van der Waals surface area contributed by atoms with Gasteiger partial charge < -0.3 is 11.5 Å². The van der Waals surface area contributed by atoms with E-state index in [1.54, 1.807) is 24.4 Å². The van der Waals surface area contributed by atoms with Crippen molar-refractivity contribution < 1.29 is 4.92 Å². The van der Waals surface area contributed by atoms with Crippen molar-refractivity contribution in [3.8, 4) is 11.1 Å². The van der Waals surface area contributed by atoms with Gasteiger partial charge in [0.15, 0.2) is 0 Å². The molecule has 1 heterocycles. The van der Waals surface area contributed by atoms with E-state index in [-0.39, 0.29) is 24.1 Å². The van der Waals surface area contributed by atoms with Crippen LogP contribution in [0.5, 0.6) is 0 Å². The molecule has 0 fully saturated rings. The van der Waals surface area contributed by atoms with Gasteiger partial charge in [-0.15, -0.1) is 22.6 Å². The zero-order valence-corrected chi connectivity index (χ0v) is 15.4. The lowest BCUT2D eigenvalue weighted by molar-refractivity contribution is -0.384. The van der Waals surface area contributed by atoms with E-state index in [1.807, 2.05) is 36.4 Å². The molecule has 0 amide bonds. The van der Waals surface area contributed by atoms with E-state index < -0.39 is 4.92 Å². The SMILES string of the molecule is Cl.NC(N)=N/N=C(\c1ccccc1)c1ccc(-c2cccc([N+](=O)[O-])c2)cn1. The standard InChI is InChI=1S/C19H16N6O2.ClH/c20-19(21)24-23-18(13-5-2-1-3-6-13)17-10-9-15(12-22-17)14-7-4-8-16(11-14)25(26)27;/h1-12H,(H4,20,21,24);1H/b23-18+;. The average molecular weight is 397 g/mol. The predicted molar refractivity (Wildman–Crippen MR) is 111 cm³/mol. The molecule has 9 heteroatoms. The molecule has 0 aliphatic carbocycles. The molecule has 142 valence electrons. The fraction of sp³-hybridized carbons (Fsp3) is 0. The zero-order chi connectivity index (χ0) is 19.2. The van der Waals surface area contributed by atoms with Crippen LogP contribution in [-0.4, -0.2) is 21.6 Å². The van der Waals surface area contributed by atoms with Crippen LogP contribution in [0.3, 0.4) is 0 Å². The highest BCUT2D eigenvalue weighted by molar-refractivity contribution is 6.11. The van der Waals surface area contributed by atoms with E-state index in [4.69, 9.17) is 11.5 Å². The molecule has 0 bridgehead atoms. The number of benzene rings is 2. The van der Waals surface area contributed by atoms with E-state index in [2.05, 4.69) is 15.2 Å². The third-order valence-corrected chi connectivity index (χ3v) is 3.71. The normalized spacial score (nSPS) is 10.6. The van der Waals surface area contributed by atoms with Crippen molar-refractivity contribution in [2.24, 2.45) is 21.7 Å². The average Bonchev–Trinajstić information content (AvgIpc) is 2.69. The van der Waals surface area contributed by atoms with Crippen LogP contribution < -0.4 is 11.5 Å². The highest BCUT2D eigenvalue weighted by atomic mass is 35.5. The third-order valence-electron chi connectivity index (χ3n) is 3.71. The van der Waals surface area contributed by atoms with Crippen molar-refractivity contribution >= 4 is 29.8 Å². The summed E-state index contributed by atoms with van der Waals surface area (Å²) in [5, 5.41) is 18.8. The first kappa shape index (κ1) is 20.5. The second-order valence-electron chi connectivity index (χ2n) is 5.58. The number of nitrogens with zero attached hydrogens (tertiary/aromatic N) is 4. The largest absolute Gasteiger partial charge is 0.369 e. The summed E-state index contributed by atoms with van der Waals surface area (Å²) in [4.78, 5) is 15.0. The number of guanidine groups is 1. The van der Waals surface area contributed by atoms with E-state index in [9.17, 15) is 10.1 Å². The molecule has 28 heavy (non-hydrogen) atoms. The predicted octanol–water partition coefficient (Wildman–Crippen LogP) is 3.10.